The summed E-state index contributed by atoms with van der Waals surface area (Å²) in [4.78, 5) is 24.3. The van der Waals surface area contributed by atoms with Gasteiger partial charge in [-0.25, -0.2) is 0 Å². The van der Waals surface area contributed by atoms with E-state index in [0.717, 1.165) is 37.1 Å². The standard InChI is InChI=1S/C19H24N4O3S/c1-26-15-10-8-13(9-11-15)20-17(24)12-16-18(25)21-19(27-16)23-22-14-6-4-2-3-5-7-14/h8-11,16H,2-7,12H2,1H3,(H,20,24)(H,21,23,25)/t16-/m1/s1. The van der Waals surface area contributed by atoms with Crippen molar-refractivity contribution in [1.29, 1.82) is 0 Å². The van der Waals surface area contributed by atoms with Crippen LogP contribution in [0.15, 0.2) is 34.5 Å². The van der Waals surface area contributed by atoms with Crippen LogP contribution in [0.1, 0.15) is 44.9 Å². The number of hydrogen-bond acceptors (Lipinski definition) is 6. The zero-order valence-corrected chi connectivity index (χ0v) is 16.2. The number of nitrogens with one attached hydrogen (secondary N) is 2. The van der Waals surface area contributed by atoms with Crippen molar-refractivity contribution in [3.8, 4) is 5.75 Å². The summed E-state index contributed by atoms with van der Waals surface area (Å²) in [7, 11) is 1.59. The maximum absolute atomic E-state index is 12.2. The lowest BCUT2D eigenvalue weighted by Crippen LogP contribution is -2.28. The third-order valence-corrected chi connectivity index (χ3v) is 5.56. The minimum absolute atomic E-state index is 0.0815. The molecule has 1 heterocycles. The molecule has 3 rings (SSSR count). The highest BCUT2D eigenvalue weighted by Gasteiger charge is 2.32. The summed E-state index contributed by atoms with van der Waals surface area (Å²) in [6, 6.07) is 7.05. The molecule has 8 heteroatoms. The van der Waals surface area contributed by atoms with E-state index >= 15 is 0 Å². The quantitative estimate of drug-likeness (QED) is 0.598. The molecule has 1 atom stereocenters. The number of benzene rings is 1. The summed E-state index contributed by atoms with van der Waals surface area (Å²) < 4.78 is 5.09. The molecule has 0 bridgehead atoms. The van der Waals surface area contributed by atoms with Gasteiger partial charge in [0.1, 0.15) is 11.0 Å². The lowest BCUT2D eigenvalue weighted by molar-refractivity contribution is -0.122. The van der Waals surface area contributed by atoms with E-state index < -0.39 is 5.25 Å². The van der Waals surface area contributed by atoms with Crippen LogP contribution in [0.2, 0.25) is 0 Å². The van der Waals surface area contributed by atoms with Gasteiger partial charge in [-0.1, -0.05) is 24.6 Å². The summed E-state index contributed by atoms with van der Waals surface area (Å²) in [5, 5.41) is 14.0. The first-order chi connectivity index (χ1) is 13.1. The molecular weight excluding hydrogens is 364 g/mol. The Morgan fingerprint density at radius 3 is 2.56 bits per heavy atom. The lowest BCUT2D eigenvalue weighted by atomic mass is 10.2. The molecular formula is C19H24N4O3S. The van der Waals surface area contributed by atoms with Gasteiger partial charge >= 0.3 is 0 Å². The van der Waals surface area contributed by atoms with Gasteiger partial charge in [-0.2, -0.15) is 5.10 Å². The largest absolute Gasteiger partial charge is 0.497 e. The van der Waals surface area contributed by atoms with Crippen molar-refractivity contribution in [2.24, 2.45) is 10.2 Å². The third kappa shape index (κ3) is 5.82. The molecule has 144 valence electrons. The van der Waals surface area contributed by atoms with E-state index in [4.69, 9.17) is 4.74 Å². The Labute approximate surface area is 163 Å². The fourth-order valence-electron chi connectivity index (χ4n) is 2.99. The first kappa shape index (κ1) is 19.4. The van der Waals surface area contributed by atoms with Crippen molar-refractivity contribution < 1.29 is 14.3 Å². The molecule has 7 nitrogen and oxygen atoms in total. The molecule has 0 spiro atoms. The number of rotatable bonds is 5. The molecule has 0 unspecified atom stereocenters. The Balaban J connectivity index is 1.52. The van der Waals surface area contributed by atoms with Gasteiger partial charge in [0.25, 0.3) is 0 Å². The second-order valence-corrected chi connectivity index (χ2v) is 7.75. The van der Waals surface area contributed by atoms with E-state index in [9.17, 15) is 9.59 Å². The fourth-order valence-corrected chi connectivity index (χ4v) is 3.91. The van der Waals surface area contributed by atoms with E-state index in [2.05, 4.69) is 20.8 Å². The Morgan fingerprint density at radius 1 is 1.19 bits per heavy atom. The lowest BCUT2D eigenvalue weighted by Gasteiger charge is -2.08. The molecule has 1 aliphatic heterocycles. The number of amidine groups is 1. The minimum atomic E-state index is -0.490. The maximum Gasteiger partial charge on any atom is 0.240 e. The van der Waals surface area contributed by atoms with Crippen molar-refractivity contribution in [1.82, 2.24) is 5.32 Å². The minimum Gasteiger partial charge on any atom is -0.497 e. The average Bonchev–Trinajstić information content (AvgIpc) is 2.86. The van der Waals surface area contributed by atoms with Crippen LogP contribution in [-0.4, -0.2) is 35.1 Å². The predicted octanol–water partition coefficient (Wildman–Crippen LogP) is 3.32. The number of methoxy groups -OCH3 is 1. The van der Waals surface area contributed by atoms with Gasteiger partial charge in [0, 0.05) is 17.8 Å². The van der Waals surface area contributed by atoms with Crippen LogP contribution in [0.3, 0.4) is 0 Å². The third-order valence-electron chi connectivity index (χ3n) is 4.48. The number of amides is 2. The number of carbonyl (C=O) groups is 2. The molecule has 2 amide bonds. The number of ether oxygens (including phenoxy) is 1. The van der Waals surface area contributed by atoms with Crippen molar-refractivity contribution >= 4 is 40.1 Å². The predicted molar refractivity (Wildman–Crippen MR) is 108 cm³/mol. The Kier molecular flexibility index (Phi) is 6.86. The van der Waals surface area contributed by atoms with Crippen LogP contribution < -0.4 is 15.4 Å². The van der Waals surface area contributed by atoms with Gasteiger partial charge < -0.3 is 15.4 Å². The van der Waals surface area contributed by atoms with Crippen molar-refractivity contribution in [3.05, 3.63) is 24.3 Å². The maximum atomic E-state index is 12.2. The summed E-state index contributed by atoms with van der Waals surface area (Å²) in [6.45, 7) is 0. The van der Waals surface area contributed by atoms with Gasteiger partial charge in [-0.3, -0.25) is 9.59 Å². The highest BCUT2D eigenvalue weighted by atomic mass is 32.2. The second kappa shape index (κ2) is 9.55. The van der Waals surface area contributed by atoms with E-state index in [1.54, 1.807) is 31.4 Å². The fraction of sp³-hybridized carbons (Fsp3) is 0.474. The molecule has 0 aromatic heterocycles. The van der Waals surface area contributed by atoms with E-state index in [1.165, 1.54) is 24.6 Å². The van der Waals surface area contributed by atoms with Crippen LogP contribution in [0.4, 0.5) is 5.69 Å². The van der Waals surface area contributed by atoms with Crippen LogP contribution in [0.25, 0.3) is 0 Å². The zero-order chi connectivity index (χ0) is 19.1. The zero-order valence-electron chi connectivity index (χ0n) is 15.4. The first-order valence-electron chi connectivity index (χ1n) is 9.19. The Bertz CT molecular complexity index is 736. The van der Waals surface area contributed by atoms with E-state index in [-0.39, 0.29) is 18.2 Å². The number of nitrogens with zero attached hydrogens (tertiary/aromatic N) is 2. The van der Waals surface area contributed by atoms with Gasteiger partial charge in [0.15, 0.2) is 5.17 Å². The topological polar surface area (TPSA) is 92.2 Å². The summed E-state index contributed by atoms with van der Waals surface area (Å²) in [5.74, 6) is 0.295. The van der Waals surface area contributed by atoms with Crippen LogP contribution >= 0.6 is 11.8 Å². The number of hydrogen-bond donors (Lipinski definition) is 2. The first-order valence-corrected chi connectivity index (χ1v) is 10.1. The summed E-state index contributed by atoms with van der Waals surface area (Å²) in [5.41, 5.74) is 1.76. The van der Waals surface area contributed by atoms with Crippen LogP contribution in [0.5, 0.6) is 5.75 Å². The summed E-state index contributed by atoms with van der Waals surface area (Å²) >= 11 is 1.26. The highest BCUT2D eigenvalue weighted by molar-refractivity contribution is 8.15. The van der Waals surface area contributed by atoms with Gasteiger partial charge in [0.2, 0.25) is 11.8 Å². The SMILES string of the molecule is COc1ccc(NC(=O)C[C@H]2S/C(=N/N=C3CCCCCC3)NC2=O)cc1. The highest BCUT2D eigenvalue weighted by Crippen LogP contribution is 2.24. The van der Waals surface area contributed by atoms with Crippen LogP contribution in [0, 0.1) is 0 Å². The number of carbonyl (C=O) groups excluding carboxylic acids is 2. The molecule has 1 aliphatic carbocycles. The Hall–Kier alpha value is -2.35. The molecule has 2 fully saturated rings. The smallest absolute Gasteiger partial charge is 0.240 e. The Morgan fingerprint density at radius 2 is 1.89 bits per heavy atom. The average molecular weight is 388 g/mol. The molecule has 0 radical (unpaired) electrons. The summed E-state index contributed by atoms with van der Waals surface area (Å²) in [6.07, 6.45) is 6.82. The van der Waals surface area contributed by atoms with Crippen molar-refractivity contribution in [2.75, 3.05) is 12.4 Å². The second-order valence-electron chi connectivity index (χ2n) is 6.56. The molecule has 2 N–H and O–H groups in total. The van der Waals surface area contributed by atoms with Gasteiger partial charge in [-0.15, -0.1) is 5.10 Å². The monoisotopic (exact) mass is 388 g/mol. The molecule has 1 saturated carbocycles. The molecule has 27 heavy (non-hydrogen) atoms. The molecule has 1 saturated heterocycles. The van der Waals surface area contributed by atoms with Crippen LogP contribution in [-0.2, 0) is 9.59 Å². The van der Waals surface area contributed by atoms with Gasteiger partial charge in [0.05, 0.1) is 7.11 Å². The van der Waals surface area contributed by atoms with Crippen molar-refractivity contribution in [3.63, 3.8) is 0 Å². The van der Waals surface area contributed by atoms with Crippen molar-refractivity contribution in [2.45, 2.75) is 50.2 Å². The van der Waals surface area contributed by atoms with E-state index in [0.29, 0.717) is 10.9 Å². The normalized spacial score (nSPS) is 21.5. The number of thioether (sulfide) groups is 1. The van der Waals surface area contributed by atoms with E-state index in [1.807, 2.05) is 0 Å². The number of anilines is 1. The molecule has 1 aromatic carbocycles. The van der Waals surface area contributed by atoms with Gasteiger partial charge in [-0.05, 0) is 49.9 Å². The molecule has 2 aliphatic rings. The molecule has 1 aromatic rings.